The fourth-order valence-corrected chi connectivity index (χ4v) is 2.69. The summed E-state index contributed by atoms with van der Waals surface area (Å²) in [6.45, 7) is 0.901. The molecule has 1 heterocycles. The number of rotatable bonds is 2. The second kappa shape index (κ2) is 5.80. The molecule has 0 aromatic heterocycles. The van der Waals surface area contributed by atoms with E-state index < -0.39 is 0 Å². The van der Waals surface area contributed by atoms with Crippen molar-refractivity contribution in [1.29, 1.82) is 0 Å². The maximum Gasteiger partial charge on any atom is 0.310 e. The SMILES string of the molecule is COC(=O)C1CCN(C(=O)c2cc(Cl)cc(Cl)c2)C1. The number of likely N-dealkylation sites (tertiary alicyclic amines) is 1. The van der Waals surface area contributed by atoms with Gasteiger partial charge in [-0.05, 0) is 24.6 Å². The number of halogens is 2. The first-order valence-electron chi connectivity index (χ1n) is 5.84. The highest BCUT2D eigenvalue weighted by Gasteiger charge is 2.32. The summed E-state index contributed by atoms with van der Waals surface area (Å²) in [7, 11) is 1.35. The van der Waals surface area contributed by atoms with Crippen LogP contribution >= 0.6 is 23.2 Å². The molecule has 102 valence electrons. The van der Waals surface area contributed by atoms with Crippen LogP contribution in [0.2, 0.25) is 10.0 Å². The molecule has 1 aromatic carbocycles. The van der Waals surface area contributed by atoms with Crippen molar-refractivity contribution in [1.82, 2.24) is 4.90 Å². The maximum atomic E-state index is 12.3. The minimum Gasteiger partial charge on any atom is -0.469 e. The van der Waals surface area contributed by atoms with Gasteiger partial charge >= 0.3 is 5.97 Å². The van der Waals surface area contributed by atoms with Crippen molar-refractivity contribution in [2.45, 2.75) is 6.42 Å². The summed E-state index contributed by atoms with van der Waals surface area (Å²) in [6.07, 6.45) is 0.618. The summed E-state index contributed by atoms with van der Waals surface area (Å²) in [6, 6.07) is 4.71. The van der Waals surface area contributed by atoms with E-state index in [0.29, 0.717) is 35.1 Å². The van der Waals surface area contributed by atoms with Gasteiger partial charge in [0, 0.05) is 28.7 Å². The summed E-state index contributed by atoms with van der Waals surface area (Å²) < 4.78 is 4.69. The highest BCUT2D eigenvalue weighted by Crippen LogP contribution is 2.23. The van der Waals surface area contributed by atoms with Crippen LogP contribution in [0.1, 0.15) is 16.8 Å². The summed E-state index contributed by atoms with van der Waals surface area (Å²) >= 11 is 11.7. The van der Waals surface area contributed by atoms with Gasteiger partial charge < -0.3 is 9.64 Å². The smallest absolute Gasteiger partial charge is 0.310 e. The molecule has 1 amide bonds. The first kappa shape index (κ1) is 14.2. The topological polar surface area (TPSA) is 46.6 Å². The van der Waals surface area contributed by atoms with E-state index in [-0.39, 0.29) is 17.8 Å². The predicted molar refractivity (Wildman–Crippen MR) is 72.5 cm³/mol. The van der Waals surface area contributed by atoms with E-state index in [9.17, 15) is 9.59 Å². The minimum absolute atomic E-state index is 0.171. The van der Waals surface area contributed by atoms with E-state index in [0.717, 1.165) is 0 Å². The molecular weight excluding hydrogens is 289 g/mol. The molecule has 0 bridgehead atoms. The van der Waals surface area contributed by atoms with Gasteiger partial charge in [0.15, 0.2) is 0 Å². The monoisotopic (exact) mass is 301 g/mol. The second-order valence-electron chi connectivity index (χ2n) is 4.42. The van der Waals surface area contributed by atoms with E-state index in [1.54, 1.807) is 23.1 Å². The summed E-state index contributed by atoms with van der Waals surface area (Å²) in [4.78, 5) is 25.3. The summed E-state index contributed by atoms with van der Waals surface area (Å²) in [5.41, 5.74) is 0.433. The molecule has 2 rings (SSSR count). The van der Waals surface area contributed by atoms with Crippen LogP contribution in [0.3, 0.4) is 0 Å². The number of hydrogen-bond acceptors (Lipinski definition) is 3. The Bertz CT molecular complexity index is 498. The Morgan fingerprint density at radius 3 is 2.47 bits per heavy atom. The average Bonchev–Trinajstić information content (AvgIpc) is 2.85. The zero-order valence-corrected chi connectivity index (χ0v) is 11.9. The number of amides is 1. The fraction of sp³-hybridized carbons (Fsp3) is 0.385. The molecule has 0 radical (unpaired) electrons. The molecule has 0 aliphatic carbocycles. The van der Waals surface area contributed by atoms with Gasteiger partial charge in [-0.25, -0.2) is 0 Å². The number of ether oxygens (including phenoxy) is 1. The Labute approximate surface area is 121 Å². The van der Waals surface area contributed by atoms with Crippen LogP contribution in [0.4, 0.5) is 0 Å². The molecule has 4 nitrogen and oxygen atoms in total. The van der Waals surface area contributed by atoms with Gasteiger partial charge in [0.2, 0.25) is 0 Å². The standard InChI is InChI=1S/C13H13Cl2NO3/c1-19-13(18)8-2-3-16(7-8)12(17)9-4-10(14)6-11(15)5-9/h4-6,8H,2-3,7H2,1H3. The van der Waals surface area contributed by atoms with Crippen molar-refractivity contribution >= 4 is 35.1 Å². The molecule has 1 fully saturated rings. The molecule has 1 saturated heterocycles. The Hall–Kier alpha value is -1.26. The van der Waals surface area contributed by atoms with E-state index in [2.05, 4.69) is 4.74 Å². The van der Waals surface area contributed by atoms with Crippen molar-refractivity contribution in [3.8, 4) is 0 Å². The van der Waals surface area contributed by atoms with Crippen LogP contribution in [0.15, 0.2) is 18.2 Å². The van der Waals surface area contributed by atoms with Crippen LogP contribution in [-0.4, -0.2) is 37.0 Å². The van der Waals surface area contributed by atoms with Gasteiger partial charge in [0.1, 0.15) is 0 Å². The number of esters is 1. The quantitative estimate of drug-likeness (QED) is 0.789. The van der Waals surface area contributed by atoms with Crippen molar-refractivity contribution in [3.63, 3.8) is 0 Å². The zero-order chi connectivity index (χ0) is 14.0. The third-order valence-corrected chi connectivity index (χ3v) is 3.56. The number of benzene rings is 1. The highest BCUT2D eigenvalue weighted by molar-refractivity contribution is 6.35. The van der Waals surface area contributed by atoms with Crippen LogP contribution in [0.5, 0.6) is 0 Å². The predicted octanol–water partition coefficient (Wildman–Crippen LogP) is 2.63. The first-order valence-corrected chi connectivity index (χ1v) is 6.60. The van der Waals surface area contributed by atoms with Gasteiger partial charge in [-0.3, -0.25) is 9.59 Å². The maximum absolute atomic E-state index is 12.3. The fourth-order valence-electron chi connectivity index (χ4n) is 2.16. The lowest BCUT2D eigenvalue weighted by atomic mass is 10.1. The lowest BCUT2D eigenvalue weighted by Gasteiger charge is -2.16. The van der Waals surface area contributed by atoms with Crippen molar-refractivity contribution in [2.24, 2.45) is 5.92 Å². The van der Waals surface area contributed by atoms with E-state index in [1.165, 1.54) is 7.11 Å². The van der Waals surface area contributed by atoms with E-state index >= 15 is 0 Å². The third-order valence-electron chi connectivity index (χ3n) is 3.12. The minimum atomic E-state index is -0.278. The van der Waals surface area contributed by atoms with Gasteiger partial charge in [0.25, 0.3) is 5.91 Å². The Kier molecular flexibility index (Phi) is 4.32. The molecule has 1 aliphatic rings. The Morgan fingerprint density at radius 1 is 1.26 bits per heavy atom. The van der Waals surface area contributed by atoms with E-state index in [1.807, 2.05) is 0 Å². The lowest BCUT2D eigenvalue weighted by molar-refractivity contribution is -0.144. The van der Waals surface area contributed by atoms with Gasteiger partial charge in [-0.15, -0.1) is 0 Å². The molecule has 1 aromatic rings. The normalized spacial score (nSPS) is 18.5. The molecule has 19 heavy (non-hydrogen) atoms. The molecule has 0 spiro atoms. The number of methoxy groups -OCH3 is 1. The summed E-state index contributed by atoms with van der Waals surface area (Å²) in [5, 5.41) is 0.833. The van der Waals surface area contributed by atoms with Crippen LogP contribution in [0.25, 0.3) is 0 Å². The molecule has 1 unspecified atom stereocenters. The van der Waals surface area contributed by atoms with Crippen molar-refractivity contribution in [2.75, 3.05) is 20.2 Å². The zero-order valence-electron chi connectivity index (χ0n) is 10.4. The largest absolute Gasteiger partial charge is 0.469 e. The van der Waals surface area contributed by atoms with Crippen LogP contribution in [-0.2, 0) is 9.53 Å². The molecular formula is C13H13Cl2NO3. The van der Waals surface area contributed by atoms with Gasteiger partial charge in [0.05, 0.1) is 13.0 Å². The van der Waals surface area contributed by atoms with Gasteiger partial charge in [-0.2, -0.15) is 0 Å². The molecule has 0 saturated carbocycles. The van der Waals surface area contributed by atoms with Gasteiger partial charge in [-0.1, -0.05) is 23.2 Å². The second-order valence-corrected chi connectivity index (χ2v) is 5.29. The number of nitrogens with zero attached hydrogens (tertiary/aromatic N) is 1. The Morgan fingerprint density at radius 2 is 1.89 bits per heavy atom. The number of hydrogen-bond donors (Lipinski definition) is 0. The van der Waals surface area contributed by atoms with Crippen LogP contribution in [0, 0.1) is 5.92 Å². The molecule has 1 aliphatic heterocycles. The first-order chi connectivity index (χ1) is 9.01. The van der Waals surface area contributed by atoms with Crippen molar-refractivity contribution < 1.29 is 14.3 Å². The summed E-state index contributed by atoms with van der Waals surface area (Å²) in [5.74, 6) is -0.696. The highest BCUT2D eigenvalue weighted by atomic mass is 35.5. The van der Waals surface area contributed by atoms with E-state index in [4.69, 9.17) is 23.2 Å². The van der Waals surface area contributed by atoms with Crippen molar-refractivity contribution in [3.05, 3.63) is 33.8 Å². The average molecular weight is 302 g/mol. The number of carbonyl (C=O) groups is 2. The Balaban J connectivity index is 2.11. The third kappa shape index (κ3) is 3.19. The van der Waals surface area contributed by atoms with Crippen LogP contribution < -0.4 is 0 Å². The number of carbonyl (C=O) groups excluding carboxylic acids is 2. The molecule has 6 heteroatoms. The molecule has 1 atom stereocenters. The molecule has 0 N–H and O–H groups in total. The lowest BCUT2D eigenvalue weighted by Crippen LogP contribution is -2.30.